The van der Waals surface area contributed by atoms with Gasteiger partial charge in [0.15, 0.2) is 0 Å². The van der Waals surface area contributed by atoms with Gasteiger partial charge in [-0.05, 0) is 37.6 Å². The average Bonchev–Trinajstić information content (AvgIpc) is 2.43. The molecule has 0 aliphatic heterocycles. The first-order chi connectivity index (χ1) is 9.10. The molecule has 1 aromatic rings. The smallest absolute Gasteiger partial charge is 0.257 e. The maximum absolute atomic E-state index is 12.2. The molecule has 0 fully saturated rings. The SMILES string of the molecule is COc1ccc(O)c(C(=O)N(C)CCCCCN)c1. The molecule has 0 saturated carbocycles. The summed E-state index contributed by atoms with van der Waals surface area (Å²) in [6.07, 6.45) is 2.87. The van der Waals surface area contributed by atoms with E-state index in [1.54, 1.807) is 24.1 Å². The second-order valence-corrected chi connectivity index (χ2v) is 4.46. The Labute approximate surface area is 114 Å². The highest BCUT2D eigenvalue weighted by Crippen LogP contribution is 2.24. The van der Waals surface area contributed by atoms with Crippen molar-refractivity contribution in [1.29, 1.82) is 0 Å². The molecule has 0 heterocycles. The molecule has 0 bridgehead atoms. The molecule has 3 N–H and O–H groups in total. The van der Waals surface area contributed by atoms with Crippen LogP contribution in [0.15, 0.2) is 18.2 Å². The summed E-state index contributed by atoms with van der Waals surface area (Å²) in [7, 11) is 3.25. The number of methoxy groups -OCH3 is 1. The summed E-state index contributed by atoms with van der Waals surface area (Å²) >= 11 is 0. The van der Waals surface area contributed by atoms with E-state index in [1.165, 1.54) is 13.2 Å². The molecule has 19 heavy (non-hydrogen) atoms. The minimum atomic E-state index is -0.204. The van der Waals surface area contributed by atoms with Crippen molar-refractivity contribution in [3.63, 3.8) is 0 Å². The number of nitrogens with zero attached hydrogens (tertiary/aromatic N) is 1. The molecule has 0 radical (unpaired) electrons. The zero-order valence-electron chi connectivity index (χ0n) is 11.6. The summed E-state index contributed by atoms with van der Waals surface area (Å²) < 4.78 is 5.06. The lowest BCUT2D eigenvalue weighted by Gasteiger charge is -2.18. The first kappa shape index (κ1) is 15.3. The van der Waals surface area contributed by atoms with E-state index >= 15 is 0 Å². The van der Waals surface area contributed by atoms with Crippen LogP contribution in [-0.4, -0.2) is 43.2 Å². The van der Waals surface area contributed by atoms with Crippen LogP contribution in [0.3, 0.4) is 0 Å². The predicted octanol–water partition coefficient (Wildman–Crippen LogP) is 1.60. The number of rotatable bonds is 7. The molecule has 0 unspecified atom stereocenters. The number of amides is 1. The fraction of sp³-hybridized carbons (Fsp3) is 0.500. The summed E-state index contributed by atoms with van der Waals surface area (Å²) in [4.78, 5) is 13.8. The van der Waals surface area contributed by atoms with Gasteiger partial charge in [-0.1, -0.05) is 6.42 Å². The molecule has 5 heteroatoms. The number of carbonyl (C=O) groups excluding carboxylic acids is 1. The lowest BCUT2D eigenvalue weighted by atomic mass is 10.1. The van der Waals surface area contributed by atoms with Gasteiger partial charge in [-0.2, -0.15) is 0 Å². The van der Waals surface area contributed by atoms with Crippen molar-refractivity contribution in [3.05, 3.63) is 23.8 Å². The largest absolute Gasteiger partial charge is 0.507 e. The lowest BCUT2D eigenvalue weighted by molar-refractivity contribution is 0.0789. The van der Waals surface area contributed by atoms with Gasteiger partial charge in [0, 0.05) is 13.6 Å². The highest BCUT2D eigenvalue weighted by atomic mass is 16.5. The molecule has 0 aromatic heterocycles. The Balaban J connectivity index is 2.65. The van der Waals surface area contributed by atoms with Gasteiger partial charge in [-0.25, -0.2) is 0 Å². The van der Waals surface area contributed by atoms with Crippen molar-refractivity contribution in [2.24, 2.45) is 5.73 Å². The molecule has 1 rings (SSSR count). The Morgan fingerprint density at radius 2 is 2.11 bits per heavy atom. The maximum atomic E-state index is 12.2. The summed E-state index contributed by atoms with van der Waals surface area (Å²) in [6.45, 7) is 1.32. The molecular weight excluding hydrogens is 244 g/mol. The number of benzene rings is 1. The summed E-state index contributed by atoms with van der Waals surface area (Å²) in [5, 5.41) is 9.74. The number of aromatic hydroxyl groups is 1. The van der Waals surface area contributed by atoms with E-state index in [0.29, 0.717) is 18.8 Å². The molecule has 0 atom stereocenters. The molecule has 1 amide bonds. The molecule has 1 aromatic carbocycles. The van der Waals surface area contributed by atoms with Crippen LogP contribution < -0.4 is 10.5 Å². The number of ether oxygens (including phenoxy) is 1. The number of hydrogen-bond donors (Lipinski definition) is 2. The van der Waals surface area contributed by atoms with Crippen molar-refractivity contribution in [1.82, 2.24) is 4.90 Å². The van der Waals surface area contributed by atoms with Crippen molar-refractivity contribution in [2.45, 2.75) is 19.3 Å². The van der Waals surface area contributed by atoms with E-state index < -0.39 is 0 Å². The van der Waals surface area contributed by atoms with Gasteiger partial charge in [0.1, 0.15) is 11.5 Å². The second kappa shape index (κ2) is 7.63. The van der Waals surface area contributed by atoms with E-state index in [1.807, 2.05) is 0 Å². The van der Waals surface area contributed by atoms with Crippen LogP contribution in [0.25, 0.3) is 0 Å². The van der Waals surface area contributed by atoms with Crippen LogP contribution in [0.5, 0.6) is 11.5 Å². The van der Waals surface area contributed by atoms with Crippen LogP contribution in [0, 0.1) is 0 Å². The van der Waals surface area contributed by atoms with Crippen molar-refractivity contribution < 1.29 is 14.6 Å². The predicted molar refractivity (Wildman–Crippen MR) is 74.5 cm³/mol. The van der Waals surface area contributed by atoms with Crippen LogP contribution in [0.2, 0.25) is 0 Å². The van der Waals surface area contributed by atoms with Crippen molar-refractivity contribution >= 4 is 5.91 Å². The number of unbranched alkanes of at least 4 members (excludes halogenated alkanes) is 2. The van der Waals surface area contributed by atoms with E-state index in [9.17, 15) is 9.90 Å². The minimum absolute atomic E-state index is 0.0281. The van der Waals surface area contributed by atoms with Gasteiger partial charge in [0.05, 0.1) is 12.7 Å². The fourth-order valence-electron chi connectivity index (χ4n) is 1.79. The van der Waals surface area contributed by atoms with Gasteiger partial charge >= 0.3 is 0 Å². The van der Waals surface area contributed by atoms with Gasteiger partial charge in [0.25, 0.3) is 5.91 Å². The Morgan fingerprint density at radius 1 is 1.37 bits per heavy atom. The minimum Gasteiger partial charge on any atom is -0.507 e. The summed E-state index contributed by atoms with van der Waals surface area (Å²) in [5.74, 6) is 0.321. The summed E-state index contributed by atoms with van der Waals surface area (Å²) in [5.41, 5.74) is 5.69. The van der Waals surface area contributed by atoms with Crippen molar-refractivity contribution in [3.8, 4) is 11.5 Å². The van der Waals surface area contributed by atoms with Gasteiger partial charge in [-0.15, -0.1) is 0 Å². The molecule has 0 spiro atoms. The molecular formula is C14H22N2O3. The Hall–Kier alpha value is -1.75. The first-order valence-corrected chi connectivity index (χ1v) is 6.42. The van der Waals surface area contributed by atoms with E-state index in [-0.39, 0.29) is 17.2 Å². The highest BCUT2D eigenvalue weighted by Gasteiger charge is 2.16. The highest BCUT2D eigenvalue weighted by molar-refractivity contribution is 5.97. The maximum Gasteiger partial charge on any atom is 0.257 e. The van der Waals surface area contributed by atoms with Gasteiger partial charge in [-0.3, -0.25) is 4.79 Å². The van der Waals surface area contributed by atoms with Crippen LogP contribution in [-0.2, 0) is 0 Å². The number of nitrogens with two attached hydrogens (primary N) is 1. The number of phenolic OH excluding ortho intramolecular Hbond substituents is 1. The molecule has 0 saturated heterocycles. The topological polar surface area (TPSA) is 75.8 Å². The second-order valence-electron chi connectivity index (χ2n) is 4.46. The third-order valence-electron chi connectivity index (χ3n) is 2.98. The molecule has 0 aliphatic rings. The number of phenols is 1. The van der Waals surface area contributed by atoms with E-state index in [0.717, 1.165) is 19.3 Å². The third-order valence-corrected chi connectivity index (χ3v) is 2.98. The quantitative estimate of drug-likeness (QED) is 0.735. The summed E-state index contributed by atoms with van der Waals surface area (Å²) in [6, 6.07) is 4.63. The third kappa shape index (κ3) is 4.44. The Morgan fingerprint density at radius 3 is 2.74 bits per heavy atom. The standard InChI is InChI=1S/C14H22N2O3/c1-16(9-5-3-4-8-15)14(18)12-10-11(19-2)6-7-13(12)17/h6-7,10,17H,3-5,8-9,15H2,1-2H3. The zero-order chi connectivity index (χ0) is 14.3. The van der Waals surface area contributed by atoms with E-state index in [4.69, 9.17) is 10.5 Å². The number of hydrogen-bond acceptors (Lipinski definition) is 4. The van der Waals surface area contributed by atoms with Crippen molar-refractivity contribution in [2.75, 3.05) is 27.2 Å². The van der Waals surface area contributed by atoms with Gasteiger partial charge < -0.3 is 20.5 Å². The van der Waals surface area contributed by atoms with Gasteiger partial charge in [0.2, 0.25) is 0 Å². The fourth-order valence-corrected chi connectivity index (χ4v) is 1.79. The van der Waals surface area contributed by atoms with Crippen LogP contribution in [0.1, 0.15) is 29.6 Å². The first-order valence-electron chi connectivity index (χ1n) is 6.42. The Bertz CT molecular complexity index is 421. The van der Waals surface area contributed by atoms with Crippen LogP contribution >= 0.6 is 0 Å². The van der Waals surface area contributed by atoms with E-state index in [2.05, 4.69) is 0 Å². The average molecular weight is 266 g/mol. The monoisotopic (exact) mass is 266 g/mol. The molecule has 0 aliphatic carbocycles. The lowest BCUT2D eigenvalue weighted by Crippen LogP contribution is -2.27. The normalized spacial score (nSPS) is 10.3. The molecule has 106 valence electrons. The molecule has 5 nitrogen and oxygen atoms in total. The Kier molecular flexibility index (Phi) is 6.15. The van der Waals surface area contributed by atoms with Crippen LogP contribution in [0.4, 0.5) is 0 Å². The zero-order valence-corrected chi connectivity index (χ0v) is 11.6. The number of carbonyl (C=O) groups is 1.